The highest BCUT2D eigenvalue weighted by atomic mass is 35.5. The molecule has 176 valence electrons. The van der Waals surface area contributed by atoms with E-state index < -0.39 is 28.7 Å². The number of aryl methyl sites for hydroxylation is 2. The third-order valence-corrected chi connectivity index (χ3v) is 6.95. The normalized spacial score (nSPS) is 17.2. The molecule has 1 atom stereocenters. The first-order valence-corrected chi connectivity index (χ1v) is 11.4. The molecule has 6 nitrogen and oxygen atoms in total. The van der Waals surface area contributed by atoms with Gasteiger partial charge in [-0.3, -0.25) is 13.9 Å². The number of benzene rings is 2. The zero-order valence-corrected chi connectivity index (χ0v) is 20.4. The smallest absolute Gasteiger partial charge is 0.331 e. The van der Waals surface area contributed by atoms with Crippen molar-refractivity contribution in [3.63, 3.8) is 0 Å². The summed E-state index contributed by atoms with van der Waals surface area (Å²) in [4.78, 5) is 26.6. The molecule has 0 saturated heterocycles. The maximum Gasteiger partial charge on any atom is 0.331 e. The standard InChI is InChI=1S/C26H25ClFN3O3/c1-14-8-6-9-15(12-14)20-19-21(29(4)25(33)30(5)24(19)32)22-23(34-13-26(2,3)31(20)22)18-16(27)10-7-11-17(18)28/h6-12,23H,13H2,1-5H3/t23-/m1/s1. The van der Waals surface area contributed by atoms with Crippen molar-refractivity contribution in [1.29, 1.82) is 0 Å². The minimum atomic E-state index is -0.902. The van der Waals surface area contributed by atoms with E-state index in [9.17, 15) is 9.59 Å². The van der Waals surface area contributed by atoms with E-state index in [0.29, 0.717) is 22.3 Å². The lowest BCUT2D eigenvalue weighted by atomic mass is 9.97. The monoisotopic (exact) mass is 481 g/mol. The van der Waals surface area contributed by atoms with Crippen LogP contribution in [-0.2, 0) is 24.4 Å². The fourth-order valence-electron chi connectivity index (χ4n) is 5.04. The van der Waals surface area contributed by atoms with E-state index in [1.807, 2.05) is 49.6 Å². The first kappa shape index (κ1) is 22.6. The van der Waals surface area contributed by atoms with Crippen LogP contribution in [0.2, 0.25) is 5.02 Å². The molecule has 0 saturated carbocycles. The lowest BCUT2D eigenvalue weighted by molar-refractivity contribution is -0.00851. The van der Waals surface area contributed by atoms with Crippen LogP contribution in [0.5, 0.6) is 0 Å². The molecule has 0 bridgehead atoms. The molecule has 0 amide bonds. The molecule has 3 heterocycles. The predicted molar refractivity (Wildman–Crippen MR) is 131 cm³/mol. The quantitative estimate of drug-likeness (QED) is 0.418. The van der Waals surface area contributed by atoms with Crippen molar-refractivity contribution in [1.82, 2.24) is 13.7 Å². The summed E-state index contributed by atoms with van der Waals surface area (Å²) in [6, 6.07) is 12.3. The SMILES string of the molecule is Cc1cccc(-c2c3c(=O)n(C)c(=O)n(C)c3c3n2C(C)(C)CO[C@@H]3c2c(F)cccc2Cl)c1. The maximum atomic E-state index is 15.1. The fourth-order valence-corrected chi connectivity index (χ4v) is 5.31. The minimum absolute atomic E-state index is 0.184. The maximum absolute atomic E-state index is 15.1. The highest BCUT2D eigenvalue weighted by Gasteiger charge is 2.42. The van der Waals surface area contributed by atoms with Crippen molar-refractivity contribution in [3.8, 4) is 11.3 Å². The summed E-state index contributed by atoms with van der Waals surface area (Å²) < 4.78 is 25.9. The highest BCUT2D eigenvalue weighted by Crippen LogP contribution is 2.47. The second-order valence-electron chi connectivity index (χ2n) is 9.51. The third-order valence-electron chi connectivity index (χ3n) is 6.62. The summed E-state index contributed by atoms with van der Waals surface area (Å²) in [6.07, 6.45) is -0.902. The predicted octanol–water partition coefficient (Wildman–Crippen LogP) is 4.66. The third kappa shape index (κ3) is 3.11. The molecule has 8 heteroatoms. The van der Waals surface area contributed by atoms with Crippen molar-refractivity contribution in [2.45, 2.75) is 32.4 Å². The van der Waals surface area contributed by atoms with Crippen LogP contribution in [0, 0.1) is 12.7 Å². The van der Waals surface area contributed by atoms with Gasteiger partial charge in [0.05, 0.1) is 34.4 Å². The van der Waals surface area contributed by atoms with E-state index in [1.165, 1.54) is 23.7 Å². The van der Waals surface area contributed by atoms with Gasteiger partial charge in [0.1, 0.15) is 11.9 Å². The second kappa shape index (κ2) is 7.68. The van der Waals surface area contributed by atoms with Gasteiger partial charge in [0, 0.05) is 24.7 Å². The number of hydrogen-bond acceptors (Lipinski definition) is 3. The molecule has 0 fully saturated rings. The topological polar surface area (TPSA) is 58.2 Å². The average molecular weight is 482 g/mol. The number of nitrogens with zero attached hydrogens (tertiary/aromatic N) is 3. The van der Waals surface area contributed by atoms with Gasteiger partial charge in [0.25, 0.3) is 5.56 Å². The van der Waals surface area contributed by atoms with Crippen LogP contribution in [0.4, 0.5) is 4.39 Å². The first-order chi connectivity index (χ1) is 16.0. The van der Waals surface area contributed by atoms with E-state index >= 15 is 4.39 Å². The van der Waals surface area contributed by atoms with Crippen LogP contribution >= 0.6 is 11.6 Å². The number of hydrogen-bond donors (Lipinski definition) is 0. The molecule has 2 aromatic carbocycles. The van der Waals surface area contributed by atoms with Crippen LogP contribution in [-0.4, -0.2) is 20.3 Å². The molecule has 2 aromatic heterocycles. The second-order valence-corrected chi connectivity index (χ2v) is 9.91. The van der Waals surface area contributed by atoms with Gasteiger partial charge < -0.3 is 9.30 Å². The molecular weight excluding hydrogens is 457 g/mol. The summed E-state index contributed by atoms with van der Waals surface area (Å²) in [5.74, 6) is -0.510. The first-order valence-electron chi connectivity index (χ1n) is 11.0. The zero-order valence-electron chi connectivity index (χ0n) is 19.6. The number of rotatable bonds is 2. The van der Waals surface area contributed by atoms with Crippen LogP contribution in [0.15, 0.2) is 52.1 Å². The number of fused-ring (bicyclic) bond motifs is 3. The molecule has 0 aliphatic carbocycles. The number of halogens is 2. The van der Waals surface area contributed by atoms with Crippen molar-refractivity contribution in [2.24, 2.45) is 14.1 Å². The highest BCUT2D eigenvalue weighted by molar-refractivity contribution is 6.31. The number of aromatic nitrogens is 3. The Kier molecular flexibility index (Phi) is 5.11. The van der Waals surface area contributed by atoms with Crippen LogP contribution in [0.25, 0.3) is 22.2 Å². The van der Waals surface area contributed by atoms with Crippen LogP contribution in [0.1, 0.15) is 36.8 Å². The van der Waals surface area contributed by atoms with Crippen molar-refractivity contribution in [3.05, 3.63) is 91.0 Å². The van der Waals surface area contributed by atoms with Gasteiger partial charge in [-0.25, -0.2) is 9.18 Å². The Labute approximate surface area is 200 Å². The Morgan fingerprint density at radius 2 is 1.79 bits per heavy atom. The van der Waals surface area contributed by atoms with Crippen molar-refractivity contribution in [2.75, 3.05) is 6.61 Å². The summed E-state index contributed by atoms with van der Waals surface area (Å²) in [5.41, 5.74) is 2.20. The summed E-state index contributed by atoms with van der Waals surface area (Å²) in [7, 11) is 3.08. The average Bonchev–Trinajstić information content (AvgIpc) is 3.15. The molecule has 34 heavy (non-hydrogen) atoms. The molecule has 0 unspecified atom stereocenters. The van der Waals surface area contributed by atoms with E-state index in [2.05, 4.69) is 0 Å². The fraction of sp³-hybridized carbons (Fsp3) is 0.308. The molecule has 5 rings (SSSR count). The van der Waals surface area contributed by atoms with E-state index in [-0.39, 0.29) is 17.2 Å². The van der Waals surface area contributed by atoms with Gasteiger partial charge in [0.2, 0.25) is 0 Å². The molecule has 0 spiro atoms. The number of ether oxygens (including phenoxy) is 1. The molecule has 0 N–H and O–H groups in total. The molecule has 1 aliphatic rings. The summed E-state index contributed by atoms with van der Waals surface area (Å²) in [6.45, 7) is 6.23. The van der Waals surface area contributed by atoms with Gasteiger partial charge in [-0.15, -0.1) is 0 Å². The Morgan fingerprint density at radius 3 is 2.47 bits per heavy atom. The summed E-state index contributed by atoms with van der Waals surface area (Å²) in [5, 5.41) is 0.609. The van der Waals surface area contributed by atoms with Gasteiger partial charge in [-0.2, -0.15) is 0 Å². The van der Waals surface area contributed by atoms with Crippen LogP contribution in [0.3, 0.4) is 0 Å². The van der Waals surface area contributed by atoms with Gasteiger partial charge in [-0.1, -0.05) is 41.4 Å². The Balaban J connectivity index is 2.05. The Bertz CT molecular complexity index is 1580. The lowest BCUT2D eigenvalue weighted by Crippen LogP contribution is -2.40. The summed E-state index contributed by atoms with van der Waals surface area (Å²) >= 11 is 6.46. The van der Waals surface area contributed by atoms with Crippen LogP contribution < -0.4 is 11.2 Å². The molecular formula is C26H25ClFN3O3. The largest absolute Gasteiger partial charge is 0.365 e. The lowest BCUT2D eigenvalue weighted by Gasteiger charge is -2.39. The molecule has 0 radical (unpaired) electrons. The van der Waals surface area contributed by atoms with E-state index in [0.717, 1.165) is 15.7 Å². The van der Waals surface area contributed by atoms with Crippen molar-refractivity contribution < 1.29 is 9.13 Å². The van der Waals surface area contributed by atoms with Gasteiger partial charge in [-0.05, 0) is 44.5 Å². The molecule has 4 aromatic rings. The van der Waals surface area contributed by atoms with E-state index in [1.54, 1.807) is 13.1 Å². The zero-order chi connectivity index (χ0) is 24.5. The minimum Gasteiger partial charge on any atom is -0.365 e. The van der Waals surface area contributed by atoms with Crippen molar-refractivity contribution >= 4 is 22.5 Å². The van der Waals surface area contributed by atoms with E-state index in [4.69, 9.17) is 16.3 Å². The Morgan fingerprint density at radius 1 is 1.09 bits per heavy atom. The Hall–Kier alpha value is -3.16. The van der Waals surface area contributed by atoms with Gasteiger partial charge >= 0.3 is 5.69 Å². The van der Waals surface area contributed by atoms with Gasteiger partial charge in [0.15, 0.2) is 0 Å². The molecule has 1 aliphatic heterocycles.